The zero-order valence-electron chi connectivity index (χ0n) is 14.2. The molecule has 3 rings (SSSR count). The normalized spacial score (nSPS) is 20.7. The number of rotatable bonds is 3. The van der Waals surface area contributed by atoms with Crippen molar-refractivity contribution in [2.24, 2.45) is 0 Å². The Hall–Kier alpha value is -1.75. The number of urea groups is 1. The van der Waals surface area contributed by atoms with E-state index in [1.54, 1.807) is 7.11 Å². The van der Waals surface area contributed by atoms with E-state index < -0.39 is 0 Å². The lowest BCUT2D eigenvalue weighted by Gasteiger charge is -2.48. The first-order valence-electron chi connectivity index (χ1n) is 8.37. The van der Waals surface area contributed by atoms with Crippen LogP contribution in [0.5, 0.6) is 5.75 Å². The van der Waals surface area contributed by atoms with Gasteiger partial charge >= 0.3 is 6.03 Å². The van der Waals surface area contributed by atoms with Gasteiger partial charge in [0.2, 0.25) is 0 Å². The maximum atomic E-state index is 12.6. The van der Waals surface area contributed by atoms with Crippen LogP contribution in [0.25, 0.3) is 0 Å². The van der Waals surface area contributed by atoms with Crippen LogP contribution in [0.1, 0.15) is 43.4 Å². The Morgan fingerprint density at radius 2 is 2.22 bits per heavy atom. The maximum Gasteiger partial charge on any atom is 0.318 e. The summed E-state index contributed by atoms with van der Waals surface area (Å²) in [6, 6.07) is 5.91. The topological polar surface area (TPSA) is 50.8 Å². The Kier molecular flexibility index (Phi) is 4.48. The molecule has 2 aliphatic rings. The Bertz CT molecular complexity index is 584. The zero-order valence-corrected chi connectivity index (χ0v) is 14.2. The molecule has 0 aromatic heterocycles. The summed E-state index contributed by atoms with van der Waals surface area (Å²) in [6.45, 7) is 6.03. The second-order valence-corrected chi connectivity index (χ2v) is 6.72. The molecule has 1 N–H and O–H groups in total. The molecule has 1 aromatic carbocycles. The molecule has 0 radical (unpaired) electrons. The Labute approximate surface area is 137 Å². The molecule has 1 heterocycles. The second-order valence-electron chi connectivity index (χ2n) is 6.72. The van der Waals surface area contributed by atoms with Crippen molar-refractivity contribution in [3.05, 3.63) is 29.3 Å². The molecule has 1 spiro atoms. The van der Waals surface area contributed by atoms with Crippen LogP contribution in [-0.2, 0) is 4.74 Å². The summed E-state index contributed by atoms with van der Waals surface area (Å²) in [5.41, 5.74) is 2.09. The third-order valence-corrected chi connectivity index (χ3v) is 4.99. The number of ether oxygens (including phenoxy) is 2. The molecule has 126 valence electrons. The lowest BCUT2D eigenvalue weighted by atomic mass is 9.79. The molecule has 1 aliphatic heterocycles. The molecule has 1 saturated carbocycles. The van der Waals surface area contributed by atoms with Crippen LogP contribution < -0.4 is 10.1 Å². The summed E-state index contributed by atoms with van der Waals surface area (Å²) < 4.78 is 11.3. The first-order chi connectivity index (χ1) is 11.0. The fourth-order valence-electron chi connectivity index (χ4n) is 3.44. The van der Waals surface area contributed by atoms with E-state index in [2.05, 4.69) is 11.4 Å². The average Bonchev–Trinajstić information content (AvgIpc) is 2.53. The molecule has 1 saturated heterocycles. The maximum absolute atomic E-state index is 12.6. The van der Waals surface area contributed by atoms with Gasteiger partial charge in [0.1, 0.15) is 5.75 Å². The van der Waals surface area contributed by atoms with Crippen LogP contribution in [0.15, 0.2) is 18.2 Å². The van der Waals surface area contributed by atoms with Crippen molar-refractivity contribution in [2.75, 3.05) is 26.8 Å². The highest BCUT2D eigenvalue weighted by Gasteiger charge is 2.43. The van der Waals surface area contributed by atoms with Gasteiger partial charge in [-0.05, 0) is 39.2 Å². The van der Waals surface area contributed by atoms with Crippen molar-refractivity contribution >= 4 is 6.03 Å². The highest BCUT2D eigenvalue weighted by atomic mass is 16.5. The predicted molar refractivity (Wildman–Crippen MR) is 88.8 cm³/mol. The van der Waals surface area contributed by atoms with E-state index in [9.17, 15) is 4.79 Å². The first-order valence-corrected chi connectivity index (χ1v) is 8.37. The molecule has 1 aromatic rings. The van der Waals surface area contributed by atoms with E-state index in [0.717, 1.165) is 29.7 Å². The minimum absolute atomic E-state index is 0.0179. The molecule has 1 atom stereocenters. The van der Waals surface area contributed by atoms with Crippen molar-refractivity contribution in [1.82, 2.24) is 10.2 Å². The van der Waals surface area contributed by atoms with Crippen molar-refractivity contribution in [3.63, 3.8) is 0 Å². The second kappa shape index (κ2) is 6.40. The van der Waals surface area contributed by atoms with E-state index in [1.807, 2.05) is 30.9 Å². The zero-order chi connectivity index (χ0) is 16.4. The minimum atomic E-state index is -0.0995. The highest BCUT2D eigenvalue weighted by molar-refractivity contribution is 5.75. The van der Waals surface area contributed by atoms with E-state index in [4.69, 9.17) is 9.47 Å². The van der Waals surface area contributed by atoms with Crippen molar-refractivity contribution in [3.8, 4) is 5.75 Å². The molecule has 0 bridgehead atoms. The third-order valence-electron chi connectivity index (χ3n) is 4.99. The summed E-state index contributed by atoms with van der Waals surface area (Å²) in [7, 11) is 1.66. The number of hydrogen-bond donors (Lipinski definition) is 1. The highest BCUT2D eigenvalue weighted by Crippen LogP contribution is 2.38. The number of hydrogen-bond acceptors (Lipinski definition) is 3. The van der Waals surface area contributed by atoms with Crippen LogP contribution in [0.2, 0.25) is 0 Å². The number of nitrogens with zero attached hydrogens (tertiary/aromatic N) is 1. The predicted octanol–water partition coefficient (Wildman–Crippen LogP) is 3.03. The van der Waals surface area contributed by atoms with Gasteiger partial charge in [-0.15, -0.1) is 0 Å². The number of carbonyl (C=O) groups excluding carboxylic acids is 1. The fraction of sp³-hybridized carbons (Fsp3) is 0.611. The molecule has 2 fully saturated rings. The lowest BCUT2D eigenvalue weighted by molar-refractivity contribution is -0.141. The van der Waals surface area contributed by atoms with Crippen LogP contribution in [0.3, 0.4) is 0 Å². The summed E-state index contributed by atoms with van der Waals surface area (Å²) in [5.74, 6) is 0.806. The van der Waals surface area contributed by atoms with Gasteiger partial charge < -0.3 is 19.7 Å². The van der Waals surface area contributed by atoms with Gasteiger partial charge in [-0.1, -0.05) is 17.7 Å². The smallest absolute Gasteiger partial charge is 0.318 e. The van der Waals surface area contributed by atoms with Gasteiger partial charge in [0.25, 0.3) is 0 Å². The summed E-state index contributed by atoms with van der Waals surface area (Å²) in [6.07, 6.45) is 3.34. The van der Waals surface area contributed by atoms with Gasteiger partial charge in [0.15, 0.2) is 0 Å². The van der Waals surface area contributed by atoms with E-state index in [0.29, 0.717) is 19.7 Å². The molecular formula is C18H26N2O3. The number of nitrogens with one attached hydrogen (secondary N) is 1. The number of carbonyl (C=O) groups is 1. The van der Waals surface area contributed by atoms with E-state index in [-0.39, 0.29) is 17.7 Å². The monoisotopic (exact) mass is 318 g/mol. The van der Waals surface area contributed by atoms with Gasteiger partial charge in [0.05, 0.1) is 31.9 Å². The number of morpholine rings is 1. The first kappa shape index (κ1) is 16.1. The van der Waals surface area contributed by atoms with Gasteiger partial charge in [-0.3, -0.25) is 0 Å². The van der Waals surface area contributed by atoms with Crippen LogP contribution in [0, 0.1) is 6.92 Å². The summed E-state index contributed by atoms with van der Waals surface area (Å²) in [4.78, 5) is 14.5. The van der Waals surface area contributed by atoms with Crippen molar-refractivity contribution in [2.45, 2.75) is 44.8 Å². The standard InChI is InChI=1S/C18H26N2O3/c1-13-5-6-16(22-3)15(11-13)14(2)19-17(21)20-9-10-23-18(12-20)7-4-8-18/h5-6,11,14H,4,7-10,12H2,1-3H3,(H,19,21)/t14-/m1/s1. The molecular weight excluding hydrogens is 292 g/mol. The number of benzene rings is 1. The molecule has 5 nitrogen and oxygen atoms in total. The molecule has 2 amide bonds. The number of aryl methyl sites for hydroxylation is 1. The summed E-state index contributed by atoms with van der Waals surface area (Å²) in [5, 5.41) is 3.11. The van der Waals surface area contributed by atoms with Gasteiger partial charge in [-0.25, -0.2) is 4.79 Å². The van der Waals surface area contributed by atoms with Crippen molar-refractivity contribution < 1.29 is 14.3 Å². The Balaban J connectivity index is 1.66. The fourth-order valence-corrected chi connectivity index (χ4v) is 3.44. The van der Waals surface area contributed by atoms with Crippen LogP contribution in [0.4, 0.5) is 4.79 Å². The van der Waals surface area contributed by atoms with Gasteiger partial charge in [0, 0.05) is 12.1 Å². The number of methoxy groups -OCH3 is 1. The average molecular weight is 318 g/mol. The summed E-state index contributed by atoms with van der Waals surface area (Å²) >= 11 is 0. The third kappa shape index (κ3) is 3.29. The Morgan fingerprint density at radius 1 is 1.43 bits per heavy atom. The largest absolute Gasteiger partial charge is 0.496 e. The van der Waals surface area contributed by atoms with Gasteiger partial charge in [-0.2, -0.15) is 0 Å². The molecule has 0 unspecified atom stereocenters. The Morgan fingerprint density at radius 3 is 2.87 bits per heavy atom. The van der Waals surface area contributed by atoms with Crippen LogP contribution in [-0.4, -0.2) is 43.3 Å². The quantitative estimate of drug-likeness (QED) is 0.932. The minimum Gasteiger partial charge on any atom is -0.496 e. The van der Waals surface area contributed by atoms with Crippen molar-refractivity contribution in [1.29, 1.82) is 0 Å². The van der Waals surface area contributed by atoms with Crippen LogP contribution >= 0.6 is 0 Å². The SMILES string of the molecule is COc1ccc(C)cc1[C@@H](C)NC(=O)N1CCOC2(CCC2)C1. The number of amides is 2. The lowest BCUT2D eigenvalue weighted by Crippen LogP contribution is -2.58. The van der Waals surface area contributed by atoms with E-state index >= 15 is 0 Å². The molecule has 5 heteroatoms. The van der Waals surface area contributed by atoms with E-state index in [1.165, 1.54) is 6.42 Å². The molecule has 23 heavy (non-hydrogen) atoms. The molecule has 1 aliphatic carbocycles.